The molecule has 0 heterocycles. The van der Waals surface area contributed by atoms with Gasteiger partial charge in [0.25, 0.3) is 0 Å². The van der Waals surface area contributed by atoms with Crippen LogP contribution in [0.3, 0.4) is 0 Å². The van der Waals surface area contributed by atoms with Crippen LogP contribution in [0.4, 0.5) is 0 Å². The van der Waals surface area contributed by atoms with Crippen molar-refractivity contribution >= 4 is 11.6 Å². The third kappa shape index (κ3) is 18.0. The van der Waals surface area contributed by atoms with Gasteiger partial charge in [-0.25, -0.2) is 0 Å². The molecule has 0 aliphatic rings. The molecule has 0 saturated carbocycles. The number of halogens is 1. The van der Waals surface area contributed by atoms with Crippen molar-refractivity contribution in [3.8, 4) is 0 Å². The molecule has 170 valence electrons. The van der Waals surface area contributed by atoms with E-state index >= 15 is 0 Å². The molecule has 0 aliphatic carbocycles. The highest BCUT2D eigenvalue weighted by molar-refractivity contribution is 6.22. The standard InChI is InChI=1S/C26H46ClN.CH3/c1-2-3-4-5-6-7-8-9-10-11-12-13-14-15-16-20-23-26(27,28)24-25-21-18-17-19-22-25;/h17-19,21-22H,2-16,20,23-24,28H2,1H3;1H3/q;-1/p+1. The molecule has 2 heteroatoms. The molecular weight excluding hydrogens is 374 g/mol. The summed E-state index contributed by atoms with van der Waals surface area (Å²) in [4.78, 5) is -0.336. The van der Waals surface area contributed by atoms with Crippen LogP contribution in [0, 0.1) is 7.43 Å². The van der Waals surface area contributed by atoms with E-state index in [1.807, 2.05) is 0 Å². The highest BCUT2D eigenvalue weighted by Crippen LogP contribution is 2.21. The Balaban J connectivity index is 0.00000784. The first-order chi connectivity index (χ1) is 13.6. The number of unbranched alkanes of at least 4 members (excludes halogenated alkanes) is 15. The van der Waals surface area contributed by atoms with Crippen molar-refractivity contribution in [3.05, 3.63) is 43.3 Å². The SMILES string of the molecule is CCCCCCCCCCCCCCCCCCC([NH3+])(Cl)Cc1ccccc1.[CH3-]. The summed E-state index contributed by atoms with van der Waals surface area (Å²) in [6.07, 6.45) is 24.4. The van der Waals surface area contributed by atoms with Gasteiger partial charge in [-0.15, -0.1) is 0 Å². The average Bonchev–Trinajstić information content (AvgIpc) is 2.68. The van der Waals surface area contributed by atoms with E-state index < -0.39 is 0 Å². The van der Waals surface area contributed by atoms with Crippen LogP contribution in [0.25, 0.3) is 0 Å². The maximum absolute atomic E-state index is 6.62. The average molecular weight is 424 g/mol. The summed E-state index contributed by atoms with van der Waals surface area (Å²) in [5.74, 6) is 0. The van der Waals surface area contributed by atoms with Gasteiger partial charge in [-0.2, -0.15) is 0 Å². The van der Waals surface area contributed by atoms with E-state index in [9.17, 15) is 0 Å². The summed E-state index contributed by atoms with van der Waals surface area (Å²) in [5.41, 5.74) is 5.53. The molecular formula is C27H50ClN. The lowest BCUT2D eigenvalue weighted by atomic mass is 9.99. The van der Waals surface area contributed by atoms with Gasteiger partial charge >= 0.3 is 0 Å². The fourth-order valence-corrected chi connectivity index (χ4v) is 4.33. The second kappa shape index (κ2) is 19.4. The number of hydrogen-bond donors (Lipinski definition) is 1. The summed E-state index contributed by atoms with van der Waals surface area (Å²) in [6, 6.07) is 10.5. The molecule has 0 radical (unpaired) electrons. The van der Waals surface area contributed by atoms with Crippen LogP contribution in [0.1, 0.15) is 122 Å². The van der Waals surface area contributed by atoms with Gasteiger partial charge in [-0.3, -0.25) is 0 Å². The smallest absolute Gasteiger partial charge is 0.174 e. The van der Waals surface area contributed by atoms with Crippen molar-refractivity contribution < 1.29 is 5.73 Å². The van der Waals surface area contributed by atoms with Gasteiger partial charge in [0.05, 0.1) is 0 Å². The van der Waals surface area contributed by atoms with E-state index in [2.05, 4.69) is 43.0 Å². The van der Waals surface area contributed by atoms with Crippen LogP contribution in [-0.4, -0.2) is 5.00 Å². The molecule has 0 saturated heterocycles. The minimum atomic E-state index is -0.336. The predicted molar refractivity (Wildman–Crippen MR) is 132 cm³/mol. The molecule has 1 unspecified atom stereocenters. The van der Waals surface area contributed by atoms with Gasteiger partial charge in [-0.1, -0.05) is 145 Å². The van der Waals surface area contributed by atoms with Gasteiger partial charge in [-0.05, 0) is 12.0 Å². The summed E-state index contributed by atoms with van der Waals surface area (Å²) in [5, 5.41) is 0. The molecule has 1 atom stereocenters. The molecule has 0 aromatic heterocycles. The fraction of sp³-hybridized carbons (Fsp3) is 0.741. The monoisotopic (exact) mass is 423 g/mol. The van der Waals surface area contributed by atoms with Crippen LogP contribution >= 0.6 is 11.6 Å². The number of benzene rings is 1. The highest BCUT2D eigenvalue weighted by Gasteiger charge is 2.25. The van der Waals surface area contributed by atoms with Crippen LogP contribution in [-0.2, 0) is 6.42 Å². The molecule has 0 spiro atoms. The van der Waals surface area contributed by atoms with Gasteiger partial charge in [0.2, 0.25) is 0 Å². The van der Waals surface area contributed by atoms with Crippen LogP contribution in [0.5, 0.6) is 0 Å². The molecule has 3 N–H and O–H groups in total. The van der Waals surface area contributed by atoms with Crippen molar-refractivity contribution in [3.63, 3.8) is 0 Å². The minimum Gasteiger partial charge on any atom is -0.358 e. The quantitative estimate of drug-likeness (QED) is 0.0998. The number of hydrogen-bond acceptors (Lipinski definition) is 0. The lowest BCUT2D eigenvalue weighted by Gasteiger charge is -2.18. The van der Waals surface area contributed by atoms with E-state index in [0.29, 0.717) is 0 Å². The zero-order valence-electron chi connectivity index (χ0n) is 19.7. The summed E-state index contributed by atoms with van der Waals surface area (Å²) in [6.45, 7) is 2.29. The Morgan fingerprint density at radius 2 is 1.03 bits per heavy atom. The molecule has 29 heavy (non-hydrogen) atoms. The van der Waals surface area contributed by atoms with E-state index in [0.717, 1.165) is 12.8 Å². The number of rotatable bonds is 19. The Labute approximate surface area is 188 Å². The first-order valence-corrected chi connectivity index (χ1v) is 12.6. The zero-order chi connectivity index (χ0) is 20.3. The van der Waals surface area contributed by atoms with Gasteiger partial charge < -0.3 is 13.2 Å². The Morgan fingerprint density at radius 3 is 1.45 bits per heavy atom. The van der Waals surface area contributed by atoms with Crippen molar-refractivity contribution in [1.82, 2.24) is 0 Å². The molecule has 1 aromatic carbocycles. The molecule has 0 amide bonds. The fourth-order valence-electron chi connectivity index (χ4n) is 4.04. The first-order valence-electron chi connectivity index (χ1n) is 12.2. The van der Waals surface area contributed by atoms with Crippen LogP contribution in [0.2, 0.25) is 0 Å². The maximum atomic E-state index is 6.62. The minimum absolute atomic E-state index is 0. The molecule has 1 rings (SSSR count). The lowest BCUT2D eigenvalue weighted by Crippen LogP contribution is -2.70. The number of alkyl halides is 1. The summed E-state index contributed by atoms with van der Waals surface area (Å²) < 4.78 is 0. The van der Waals surface area contributed by atoms with Crippen LogP contribution < -0.4 is 5.73 Å². The largest absolute Gasteiger partial charge is 0.358 e. The Morgan fingerprint density at radius 1 is 0.655 bits per heavy atom. The number of quaternary nitrogens is 1. The molecule has 0 aliphatic heterocycles. The van der Waals surface area contributed by atoms with E-state index in [4.69, 9.17) is 11.6 Å². The van der Waals surface area contributed by atoms with E-state index in [1.165, 1.54) is 108 Å². The molecule has 1 nitrogen and oxygen atoms in total. The van der Waals surface area contributed by atoms with Gasteiger partial charge in [0.15, 0.2) is 5.00 Å². The van der Waals surface area contributed by atoms with Gasteiger partial charge in [0, 0.05) is 12.8 Å². The Bertz CT molecular complexity index is 443. The van der Waals surface area contributed by atoms with E-state index in [-0.39, 0.29) is 12.4 Å². The topological polar surface area (TPSA) is 27.6 Å². The van der Waals surface area contributed by atoms with Crippen molar-refractivity contribution in [2.24, 2.45) is 0 Å². The van der Waals surface area contributed by atoms with Crippen LogP contribution in [0.15, 0.2) is 30.3 Å². The summed E-state index contributed by atoms with van der Waals surface area (Å²) >= 11 is 6.62. The Hall–Kier alpha value is -0.530. The van der Waals surface area contributed by atoms with Gasteiger partial charge in [0.1, 0.15) is 0 Å². The van der Waals surface area contributed by atoms with Crippen molar-refractivity contribution in [1.29, 1.82) is 0 Å². The Kier molecular flexibility index (Phi) is 19.1. The zero-order valence-corrected chi connectivity index (χ0v) is 20.5. The maximum Gasteiger partial charge on any atom is 0.174 e. The molecule has 1 aromatic rings. The van der Waals surface area contributed by atoms with Crippen molar-refractivity contribution in [2.45, 2.75) is 127 Å². The first kappa shape index (κ1) is 28.5. The normalized spacial score (nSPS) is 13.1. The molecule has 0 bridgehead atoms. The molecule has 0 fully saturated rings. The third-order valence-corrected chi connectivity index (χ3v) is 6.16. The van der Waals surface area contributed by atoms with E-state index in [1.54, 1.807) is 0 Å². The lowest BCUT2D eigenvalue weighted by molar-refractivity contribution is -0.444. The third-order valence-electron chi connectivity index (χ3n) is 5.84. The second-order valence-corrected chi connectivity index (χ2v) is 9.67. The second-order valence-electron chi connectivity index (χ2n) is 8.87. The highest BCUT2D eigenvalue weighted by atomic mass is 35.5. The summed E-state index contributed by atoms with van der Waals surface area (Å²) in [7, 11) is 0. The predicted octanol–water partition coefficient (Wildman–Crippen LogP) is 8.51. The van der Waals surface area contributed by atoms with Crippen molar-refractivity contribution in [2.75, 3.05) is 0 Å².